The van der Waals surface area contributed by atoms with Crippen LogP contribution in [0.25, 0.3) is 0 Å². The second-order valence-corrected chi connectivity index (χ2v) is 6.93. The molecule has 2 aromatic rings. The van der Waals surface area contributed by atoms with Crippen LogP contribution in [0.4, 0.5) is 11.4 Å². The zero-order chi connectivity index (χ0) is 21.8. The third kappa shape index (κ3) is 7.58. The molecule has 2 rings (SSSR count). The lowest BCUT2D eigenvalue weighted by Gasteiger charge is -2.10. The van der Waals surface area contributed by atoms with Gasteiger partial charge in [0.1, 0.15) is 0 Å². The van der Waals surface area contributed by atoms with Crippen LogP contribution >= 0.6 is 0 Å². The topological polar surface area (TPSA) is 99.3 Å². The Morgan fingerprint density at radius 1 is 0.767 bits per heavy atom. The first-order chi connectivity index (χ1) is 14.5. The highest BCUT2D eigenvalue weighted by Gasteiger charge is 2.08. The molecule has 0 aromatic heterocycles. The van der Waals surface area contributed by atoms with Crippen LogP contribution in [0, 0.1) is 0 Å². The molecule has 0 aliphatic rings. The van der Waals surface area contributed by atoms with E-state index in [1.54, 1.807) is 48.5 Å². The molecular weight excluding hydrogens is 380 g/mol. The summed E-state index contributed by atoms with van der Waals surface area (Å²) in [5.74, 6) is -0.481. The van der Waals surface area contributed by atoms with Gasteiger partial charge in [0.2, 0.25) is 5.91 Å². The standard InChI is InChI=1S/C23H30N4O3/c1-3-5-14-25-22(29)17-9-11-19(12-10-17)27-21(28)16-26-20-8-6-7-18(15-20)23(30)24-13-4-2/h6-12,15,26H,3-5,13-14,16H2,1-2H3,(H,24,30)(H,25,29)(H,27,28). The van der Waals surface area contributed by atoms with Gasteiger partial charge in [-0.1, -0.05) is 26.3 Å². The number of rotatable bonds is 11. The SMILES string of the molecule is CCCCNC(=O)c1ccc(NC(=O)CNc2cccc(C(=O)NCCC)c2)cc1. The van der Waals surface area contributed by atoms with E-state index in [4.69, 9.17) is 0 Å². The van der Waals surface area contributed by atoms with Crippen LogP contribution in [0.3, 0.4) is 0 Å². The predicted molar refractivity (Wildman–Crippen MR) is 120 cm³/mol. The molecule has 4 N–H and O–H groups in total. The zero-order valence-electron chi connectivity index (χ0n) is 17.6. The summed E-state index contributed by atoms with van der Waals surface area (Å²) in [6.45, 7) is 5.39. The molecule has 0 radical (unpaired) electrons. The van der Waals surface area contributed by atoms with E-state index in [1.165, 1.54) is 0 Å². The highest BCUT2D eigenvalue weighted by Crippen LogP contribution is 2.12. The first-order valence-electron chi connectivity index (χ1n) is 10.3. The van der Waals surface area contributed by atoms with E-state index >= 15 is 0 Å². The molecule has 3 amide bonds. The van der Waals surface area contributed by atoms with Crippen molar-refractivity contribution in [3.8, 4) is 0 Å². The van der Waals surface area contributed by atoms with Gasteiger partial charge in [-0.05, 0) is 55.3 Å². The first-order valence-corrected chi connectivity index (χ1v) is 10.3. The average Bonchev–Trinajstić information content (AvgIpc) is 2.77. The van der Waals surface area contributed by atoms with Crippen molar-refractivity contribution < 1.29 is 14.4 Å². The second-order valence-electron chi connectivity index (χ2n) is 6.93. The molecule has 0 atom stereocenters. The molecule has 0 aliphatic carbocycles. The lowest BCUT2D eigenvalue weighted by molar-refractivity contribution is -0.114. The Kier molecular flexibility index (Phi) is 9.37. The first kappa shape index (κ1) is 22.9. The van der Waals surface area contributed by atoms with Crippen molar-refractivity contribution in [2.75, 3.05) is 30.3 Å². The second kappa shape index (κ2) is 12.3. The summed E-state index contributed by atoms with van der Waals surface area (Å²) in [6.07, 6.45) is 2.84. The van der Waals surface area contributed by atoms with E-state index in [0.29, 0.717) is 35.6 Å². The molecule has 0 fully saturated rings. The van der Waals surface area contributed by atoms with Gasteiger partial charge < -0.3 is 21.3 Å². The normalized spacial score (nSPS) is 10.2. The maximum atomic E-state index is 12.2. The monoisotopic (exact) mass is 410 g/mol. The average molecular weight is 411 g/mol. The maximum absolute atomic E-state index is 12.2. The molecule has 7 heteroatoms. The molecule has 0 unspecified atom stereocenters. The Bertz CT molecular complexity index is 850. The van der Waals surface area contributed by atoms with E-state index in [9.17, 15) is 14.4 Å². The molecule has 0 aliphatic heterocycles. The van der Waals surface area contributed by atoms with Crippen molar-refractivity contribution >= 4 is 29.1 Å². The van der Waals surface area contributed by atoms with Crippen LogP contribution in [0.2, 0.25) is 0 Å². The Morgan fingerprint density at radius 2 is 1.47 bits per heavy atom. The lowest BCUT2D eigenvalue weighted by Crippen LogP contribution is -2.25. The minimum absolute atomic E-state index is 0.0548. The number of carbonyl (C=O) groups excluding carboxylic acids is 3. The van der Waals surface area contributed by atoms with Crippen LogP contribution in [0.15, 0.2) is 48.5 Å². The Labute approximate surface area is 177 Å². The Balaban J connectivity index is 1.83. The van der Waals surface area contributed by atoms with Crippen LogP contribution in [0.5, 0.6) is 0 Å². The van der Waals surface area contributed by atoms with Crippen LogP contribution < -0.4 is 21.3 Å². The third-order valence-electron chi connectivity index (χ3n) is 4.36. The Hall–Kier alpha value is -3.35. The van der Waals surface area contributed by atoms with E-state index in [1.807, 2.05) is 6.92 Å². The van der Waals surface area contributed by atoms with E-state index in [0.717, 1.165) is 19.3 Å². The van der Waals surface area contributed by atoms with Gasteiger partial charge >= 0.3 is 0 Å². The largest absolute Gasteiger partial charge is 0.376 e. The van der Waals surface area contributed by atoms with Crippen molar-refractivity contribution in [3.05, 3.63) is 59.7 Å². The molecule has 160 valence electrons. The highest BCUT2D eigenvalue weighted by atomic mass is 16.2. The van der Waals surface area contributed by atoms with Crippen molar-refractivity contribution in [2.45, 2.75) is 33.1 Å². The summed E-state index contributed by atoms with van der Waals surface area (Å²) in [5.41, 5.74) is 2.40. The van der Waals surface area contributed by atoms with Gasteiger partial charge in [-0.3, -0.25) is 14.4 Å². The number of nitrogens with one attached hydrogen (secondary N) is 4. The molecule has 30 heavy (non-hydrogen) atoms. The molecule has 0 bridgehead atoms. The number of unbranched alkanes of at least 4 members (excludes halogenated alkanes) is 1. The van der Waals surface area contributed by atoms with Crippen LogP contribution in [-0.4, -0.2) is 37.4 Å². The van der Waals surface area contributed by atoms with Gasteiger partial charge in [0, 0.05) is 35.6 Å². The molecule has 2 aromatic carbocycles. The fourth-order valence-corrected chi connectivity index (χ4v) is 2.68. The van der Waals surface area contributed by atoms with Crippen molar-refractivity contribution in [2.24, 2.45) is 0 Å². The van der Waals surface area contributed by atoms with E-state index < -0.39 is 0 Å². The lowest BCUT2D eigenvalue weighted by atomic mass is 10.2. The smallest absolute Gasteiger partial charge is 0.251 e. The van der Waals surface area contributed by atoms with Crippen molar-refractivity contribution in [1.29, 1.82) is 0 Å². The van der Waals surface area contributed by atoms with Gasteiger partial charge in [0.15, 0.2) is 0 Å². The Morgan fingerprint density at radius 3 is 2.17 bits per heavy atom. The number of anilines is 2. The van der Waals surface area contributed by atoms with Crippen molar-refractivity contribution in [3.63, 3.8) is 0 Å². The molecular formula is C23H30N4O3. The fourth-order valence-electron chi connectivity index (χ4n) is 2.68. The minimum atomic E-state index is -0.226. The number of hydrogen-bond donors (Lipinski definition) is 4. The van der Waals surface area contributed by atoms with Gasteiger partial charge in [-0.15, -0.1) is 0 Å². The summed E-state index contributed by atoms with van der Waals surface area (Å²) in [7, 11) is 0. The fraction of sp³-hybridized carbons (Fsp3) is 0.348. The van der Waals surface area contributed by atoms with Crippen molar-refractivity contribution in [1.82, 2.24) is 10.6 Å². The van der Waals surface area contributed by atoms with Gasteiger partial charge in [0.05, 0.1) is 6.54 Å². The molecule has 7 nitrogen and oxygen atoms in total. The van der Waals surface area contributed by atoms with Gasteiger partial charge in [-0.2, -0.15) is 0 Å². The minimum Gasteiger partial charge on any atom is -0.376 e. The van der Waals surface area contributed by atoms with Gasteiger partial charge in [-0.25, -0.2) is 0 Å². The maximum Gasteiger partial charge on any atom is 0.251 e. The predicted octanol–water partition coefficient (Wildman–Crippen LogP) is 3.41. The third-order valence-corrected chi connectivity index (χ3v) is 4.36. The summed E-state index contributed by atoms with van der Waals surface area (Å²) in [6, 6.07) is 13.8. The summed E-state index contributed by atoms with van der Waals surface area (Å²) >= 11 is 0. The number of hydrogen-bond acceptors (Lipinski definition) is 4. The molecule has 0 saturated carbocycles. The van der Waals surface area contributed by atoms with Gasteiger partial charge in [0.25, 0.3) is 11.8 Å². The number of benzene rings is 2. The van der Waals surface area contributed by atoms with Crippen LogP contribution in [-0.2, 0) is 4.79 Å². The zero-order valence-corrected chi connectivity index (χ0v) is 17.6. The number of carbonyl (C=O) groups is 3. The molecule has 0 saturated heterocycles. The quantitative estimate of drug-likeness (QED) is 0.427. The summed E-state index contributed by atoms with van der Waals surface area (Å²) in [5, 5.41) is 11.5. The highest BCUT2D eigenvalue weighted by molar-refractivity contribution is 5.97. The van der Waals surface area contributed by atoms with E-state index in [2.05, 4.69) is 28.2 Å². The van der Waals surface area contributed by atoms with Crippen LogP contribution in [0.1, 0.15) is 53.8 Å². The number of amides is 3. The summed E-state index contributed by atoms with van der Waals surface area (Å²) < 4.78 is 0. The summed E-state index contributed by atoms with van der Waals surface area (Å²) in [4.78, 5) is 36.3. The molecule has 0 spiro atoms. The van der Waals surface area contributed by atoms with E-state index in [-0.39, 0.29) is 24.3 Å². The molecule has 0 heterocycles.